The molecule has 2 aliphatic heterocycles. The second kappa shape index (κ2) is 5.98. The summed E-state index contributed by atoms with van der Waals surface area (Å²) in [7, 11) is 0. The van der Waals surface area contributed by atoms with Crippen LogP contribution in [0.3, 0.4) is 0 Å². The van der Waals surface area contributed by atoms with Gasteiger partial charge >= 0.3 is 5.97 Å². The summed E-state index contributed by atoms with van der Waals surface area (Å²) in [6, 6.07) is 2.02. The first-order chi connectivity index (χ1) is 11.6. The Morgan fingerprint density at radius 2 is 2.08 bits per heavy atom. The quantitative estimate of drug-likeness (QED) is 0.923. The largest absolute Gasteiger partial charge is 0.479 e. The maximum Gasteiger partial charge on any atom is 0.331 e. The molecule has 1 N–H and O–H groups in total. The van der Waals surface area contributed by atoms with Crippen LogP contribution in [0.25, 0.3) is 11.1 Å². The van der Waals surface area contributed by atoms with Crippen LogP contribution in [0.1, 0.15) is 25.7 Å². The molecule has 2 aliphatic rings. The van der Waals surface area contributed by atoms with Gasteiger partial charge in [-0.25, -0.2) is 4.79 Å². The lowest BCUT2D eigenvalue weighted by molar-refractivity contribution is -0.185. The fourth-order valence-corrected chi connectivity index (χ4v) is 4.45. The second-order valence-corrected chi connectivity index (χ2v) is 7.37. The normalized spacial score (nSPS) is 26.5. The number of rotatable bonds is 3. The van der Waals surface area contributed by atoms with Gasteiger partial charge in [-0.3, -0.25) is 4.68 Å². The van der Waals surface area contributed by atoms with Crippen molar-refractivity contribution in [2.75, 3.05) is 19.8 Å². The van der Waals surface area contributed by atoms with Gasteiger partial charge in [0.25, 0.3) is 0 Å². The van der Waals surface area contributed by atoms with E-state index in [-0.39, 0.29) is 0 Å². The topological polar surface area (TPSA) is 73.6 Å². The molecule has 2 aromatic rings. The molecular formula is C17H20N2O4S. The first kappa shape index (κ1) is 15.8. The highest BCUT2D eigenvalue weighted by Gasteiger charge is 2.52. The third-order valence-electron chi connectivity index (χ3n) is 5.22. The Labute approximate surface area is 144 Å². The average Bonchev–Trinajstić information content (AvgIpc) is 3.27. The van der Waals surface area contributed by atoms with Gasteiger partial charge in [-0.05, 0) is 35.2 Å². The van der Waals surface area contributed by atoms with Crippen LogP contribution < -0.4 is 0 Å². The van der Waals surface area contributed by atoms with Crippen molar-refractivity contribution >= 4 is 17.3 Å². The molecule has 4 rings (SSSR count). The SMILES string of the molecule is O=C(O)C1(n2cc(-c3ccsc3)cn2)CCOC2(CCOCC2)C1. The first-order valence-electron chi connectivity index (χ1n) is 8.17. The molecule has 0 bridgehead atoms. The fraction of sp³-hybridized carbons (Fsp3) is 0.529. The molecular weight excluding hydrogens is 328 g/mol. The number of carbonyl (C=O) groups is 1. The van der Waals surface area contributed by atoms with Crippen molar-refractivity contribution in [3.63, 3.8) is 0 Å². The van der Waals surface area contributed by atoms with Gasteiger partial charge in [0.2, 0.25) is 0 Å². The molecule has 6 nitrogen and oxygen atoms in total. The predicted octanol–water partition coefficient (Wildman–Crippen LogP) is 2.75. The van der Waals surface area contributed by atoms with Crippen molar-refractivity contribution in [3.8, 4) is 11.1 Å². The summed E-state index contributed by atoms with van der Waals surface area (Å²) >= 11 is 1.61. The summed E-state index contributed by atoms with van der Waals surface area (Å²) in [5.74, 6) is -0.836. The van der Waals surface area contributed by atoms with E-state index in [1.54, 1.807) is 22.2 Å². The number of aromatic nitrogens is 2. The Morgan fingerprint density at radius 1 is 1.25 bits per heavy atom. The van der Waals surface area contributed by atoms with E-state index in [1.165, 1.54) is 0 Å². The zero-order chi connectivity index (χ0) is 16.6. The summed E-state index contributed by atoms with van der Waals surface area (Å²) in [6.45, 7) is 1.67. The van der Waals surface area contributed by atoms with E-state index < -0.39 is 17.1 Å². The summed E-state index contributed by atoms with van der Waals surface area (Å²) in [5, 5.41) is 18.5. The molecule has 1 spiro atoms. The fourth-order valence-electron chi connectivity index (χ4n) is 3.78. The van der Waals surface area contributed by atoms with Gasteiger partial charge in [0, 0.05) is 37.8 Å². The maximum absolute atomic E-state index is 12.3. The lowest BCUT2D eigenvalue weighted by Gasteiger charge is -2.47. The van der Waals surface area contributed by atoms with Gasteiger partial charge in [0.05, 0.1) is 18.4 Å². The smallest absolute Gasteiger partial charge is 0.331 e. The number of ether oxygens (including phenoxy) is 2. The number of hydrogen-bond donors (Lipinski definition) is 1. The van der Waals surface area contributed by atoms with Gasteiger partial charge in [-0.1, -0.05) is 0 Å². The van der Waals surface area contributed by atoms with E-state index in [0.717, 1.165) is 24.0 Å². The minimum atomic E-state index is -1.05. The van der Waals surface area contributed by atoms with Gasteiger partial charge in [0.15, 0.2) is 5.54 Å². The van der Waals surface area contributed by atoms with Gasteiger partial charge in [-0.15, -0.1) is 0 Å². The third-order valence-corrected chi connectivity index (χ3v) is 5.90. The number of carboxylic acid groups (broad SMARTS) is 1. The second-order valence-electron chi connectivity index (χ2n) is 6.59. The Hall–Kier alpha value is -1.70. The van der Waals surface area contributed by atoms with E-state index in [0.29, 0.717) is 32.7 Å². The van der Waals surface area contributed by atoms with E-state index in [1.807, 2.05) is 23.0 Å². The van der Waals surface area contributed by atoms with Crippen molar-refractivity contribution in [1.29, 1.82) is 0 Å². The van der Waals surface area contributed by atoms with Crippen LogP contribution in [0.15, 0.2) is 29.2 Å². The highest BCUT2D eigenvalue weighted by Crippen LogP contribution is 2.43. The summed E-state index contributed by atoms with van der Waals surface area (Å²) in [4.78, 5) is 12.3. The number of hydrogen-bond acceptors (Lipinski definition) is 5. The zero-order valence-electron chi connectivity index (χ0n) is 13.3. The maximum atomic E-state index is 12.3. The van der Waals surface area contributed by atoms with Crippen molar-refractivity contribution in [2.24, 2.45) is 0 Å². The van der Waals surface area contributed by atoms with E-state index in [2.05, 4.69) is 5.10 Å². The minimum absolute atomic E-state index is 0.413. The molecule has 0 aliphatic carbocycles. The van der Waals surface area contributed by atoms with Crippen LogP contribution in [-0.2, 0) is 19.8 Å². The minimum Gasteiger partial charge on any atom is -0.479 e. The van der Waals surface area contributed by atoms with Crippen molar-refractivity contribution in [2.45, 2.75) is 36.8 Å². The van der Waals surface area contributed by atoms with Gasteiger partial charge < -0.3 is 14.6 Å². The molecule has 0 radical (unpaired) electrons. The highest BCUT2D eigenvalue weighted by atomic mass is 32.1. The van der Waals surface area contributed by atoms with Crippen molar-refractivity contribution in [3.05, 3.63) is 29.2 Å². The lowest BCUT2D eigenvalue weighted by Crippen LogP contribution is -2.56. The molecule has 24 heavy (non-hydrogen) atoms. The van der Waals surface area contributed by atoms with Crippen LogP contribution in [0.2, 0.25) is 0 Å². The molecule has 7 heteroatoms. The Morgan fingerprint density at radius 3 is 2.79 bits per heavy atom. The zero-order valence-corrected chi connectivity index (χ0v) is 14.1. The van der Waals surface area contributed by atoms with E-state index in [4.69, 9.17) is 9.47 Å². The Kier molecular flexibility index (Phi) is 3.94. The molecule has 2 aromatic heterocycles. The van der Waals surface area contributed by atoms with Gasteiger partial charge in [-0.2, -0.15) is 16.4 Å². The summed E-state index contributed by atoms with van der Waals surface area (Å²) < 4.78 is 13.1. The number of nitrogens with zero attached hydrogens (tertiary/aromatic N) is 2. The summed E-state index contributed by atoms with van der Waals surface area (Å²) in [6.07, 6.45) is 5.94. The first-order valence-corrected chi connectivity index (χ1v) is 9.11. The van der Waals surface area contributed by atoms with Crippen LogP contribution in [0, 0.1) is 0 Å². The van der Waals surface area contributed by atoms with Crippen molar-refractivity contribution < 1.29 is 19.4 Å². The molecule has 2 saturated heterocycles. The molecule has 128 valence electrons. The molecule has 0 aromatic carbocycles. The monoisotopic (exact) mass is 348 g/mol. The van der Waals surface area contributed by atoms with Crippen LogP contribution in [0.4, 0.5) is 0 Å². The number of carboxylic acids is 1. The average molecular weight is 348 g/mol. The Bertz CT molecular complexity index is 715. The highest BCUT2D eigenvalue weighted by molar-refractivity contribution is 7.08. The standard InChI is InChI=1S/C17H20N2O4S/c20-15(21)17(4-7-23-16(12-17)2-5-22-6-3-16)19-10-14(9-18-19)13-1-8-24-11-13/h1,8-11H,2-7,12H2,(H,20,21). The molecule has 4 heterocycles. The molecule has 1 unspecified atom stereocenters. The molecule has 1 atom stereocenters. The van der Waals surface area contributed by atoms with Crippen LogP contribution in [-0.4, -0.2) is 46.3 Å². The van der Waals surface area contributed by atoms with E-state index in [9.17, 15) is 9.90 Å². The molecule has 0 saturated carbocycles. The van der Waals surface area contributed by atoms with E-state index >= 15 is 0 Å². The lowest BCUT2D eigenvalue weighted by atomic mass is 9.76. The number of aliphatic carboxylic acids is 1. The summed E-state index contributed by atoms with van der Waals surface area (Å²) in [5.41, 5.74) is 0.553. The predicted molar refractivity (Wildman–Crippen MR) is 89.1 cm³/mol. The van der Waals surface area contributed by atoms with Crippen LogP contribution >= 0.6 is 11.3 Å². The number of thiophene rings is 1. The van der Waals surface area contributed by atoms with Crippen LogP contribution in [0.5, 0.6) is 0 Å². The third kappa shape index (κ3) is 2.56. The van der Waals surface area contributed by atoms with Gasteiger partial charge in [0.1, 0.15) is 0 Å². The molecule has 0 amide bonds. The Balaban J connectivity index is 1.70. The van der Waals surface area contributed by atoms with Crippen molar-refractivity contribution in [1.82, 2.24) is 9.78 Å². The molecule has 2 fully saturated rings.